The molecule has 26 heavy (non-hydrogen) atoms. The molecule has 0 saturated carbocycles. The summed E-state index contributed by atoms with van der Waals surface area (Å²) >= 11 is 5.38. The van der Waals surface area contributed by atoms with Crippen molar-refractivity contribution < 1.29 is 4.79 Å². The van der Waals surface area contributed by atoms with Gasteiger partial charge in [0.15, 0.2) is 5.11 Å². The molecule has 0 radical (unpaired) electrons. The summed E-state index contributed by atoms with van der Waals surface area (Å²) in [4.78, 5) is 15.9. The summed E-state index contributed by atoms with van der Waals surface area (Å²) in [5.74, 6) is 0.187. The van der Waals surface area contributed by atoms with E-state index in [1.165, 1.54) is 5.69 Å². The number of thiocarbonyl (C=S) groups is 1. The van der Waals surface area contributed by atoms with Gasteiger partial charge in [-0.2, -0.15) is 0 Å². The number of anilines is 3. The lowest BCUT2D eigenvalue weighted by Gasteiger charge is -2.20. The summed E-state index contributed by atoms with van der Waals surface area (Å²) < 4.78 is 0. The first-order valence-electron chi connectivity index (χ1n) is 8.85. The molecular formula is C20H24N4OS. The van der Waals surface area contributed by atoms with E-state index in [0.29, 0.717) is 11.5 Å². The van der Waals surface area contributed by atoms with Gasteiger partial charge in [-0.25, -0.2) is 0 Å². The average Bonchev–Trinajstić information content (AvgIpc) is 3.08. The fraction of sp³-hybridized carbons (Fsp3) is 0.300. The van der Waals surface area contributed by atoms with Crippen LogP contribution in [0, 0.1) is 0 Å². The second kappa shape index (κ2) is 8.67. The molecule has 0 atom stereocenters. The lowest BCUT2D eigenvalue weighted by Crippen LogP contribution is -2.35. The Morgan fingerprint density at radius 1 is 1.19 bits per heavy atom. The van der Waals surface area contributed by atoms with Gasteiger partial charge in [0.2, 0.25) is 5.91 Å². The second-order valence-electron chi connectivity index (χ2n) is 6.34. The number of benzene rings is 2. The molecule has 1 saturated heterocycles. The van der Waals surface area contributed by atoms with E-state index in [1.807, 2.05) is 47.4 Å². The van der Waals surface area contributed by atoms with Gasteiger partial charge in [0.1, 0.15) is 0 Å². The SMILES string of the molecule is CN(CCNC(=S)Nc1cccc(N2CCCC2=O)c1)c1ccccc1. The third kappa shape index (κ3) is 4.73. The summed E-state index contributed by atoms with van der Waals surface area (Å²) in [5.41, 5.74) is 2.98. The molecule has 3 rings (SSSR count). The number of amides is 1. The molecule has 1 fully saturated rings. The molecule has 136 valence electrons. The molecule has 2 aromatic rings. The highest BCUT2D eigenvalue weighted by molar-refractivity contribution is 7.80. The van der Waals surface area contributed by atoms with Crippen molar-refractivity contribution in [2.24, 2.45) is 0 Å². The summed E-state index contributed by atoms with van der Waals surface area (Å²) in [7, 11) is 2.06. The van der Waals surface area contributed by atoms with Crippen LogP contribution in [0.1, 0.15) is 12.8 Å². The predicted molar refractivity (Wildman–Crippen MR) is 112 cm³/mol. The zero-order valence-electron chi connectivity index (χ0n) is 14.9. The number of carbonyl (C=O) groups excluding carboxylic acids is 1. The molecule has 5 nitrogen and oxygen atoms in total. The molecule has 6 heteroatoms. The van der Waals surface area contributed by atoms with Crippen molar-refractivity contribution in [2.75, 3.05) is 41.8 Å². The van der Waals surface area contributed by atoms with E-state index in [-0.39, 0.29) is 5.91 Å². The van der Waals surface area contributed by atoms with Gasteiger partial charge in [-0.3, -0.25) is 4.79 Å². The molecular weight excluding hydrogens is 344 g/mol. The normalized spacial score (nSPS) is 13.6. The molecule has 2 aromatic carbocycles. The van der Waals surface area contributed by atoms with Gasteiger partial charge in [-0.15, -0.1) is 0 Å². The first-order valence-corrected chi connectivity index (χ1v) is 9.26. The maximum Gasteiger partial charge on any atom is 0.227 e. The van der Waals surface area contributed by atoms with Crippen LogP contribution in [-0.2, 0) is 4.79 Å². The van der Waals surface area contributed by atoms with E-state index in [9.17, 15) is 4.79 Å². The smallest absolute Gasteiger partial charge is 0.227 e. The van der Waals surface area contributed by atoms with Gasteiger partial charge in [0, 0.05) is 50.2 Å². The van der Waals surface area contributed by atoms with Crippen LogP contribution in [0.3, 0.4) is 0 Å². The zero-order chi connectivity index (χ0) is 18.4. The highest BCUT2D eigenvalue weighted by atomic mass is 32.1. The molecule has 2 N–H and O–H groups in total. The van der Waals surface area contributed by atoms with Gasteiger partial charge in [-0.1, -0.05) is 24.3 Å². The summed E-state index contributed by atoms with van der Waals surface area (Å²) in [5, 5.41) is 7.01. The fourth-order valence-electron chi connectivity index (χ4n) is 3.00. The van der Waals surface area contributed by atoms with Crippen LogP contribution in [0.25, 0.3) is 0 Å². The number of para-hydroxylation sites is 1. The first-order chi connectivity index (χ1) is 12.6. The van der Waals surface area contributed by atoms with Gasteiger partial charge in [-0.05, 0) is 49.0 Å². The third-order valence-electron chi connectivity index (χ3n) is 4.42. The molecule has 1 aliphatic rings. The van der Waals surface area contributed by atoms with E-state index >= 15 is 0 Å². The van der Waals surface area contributed by atoms with Gasteiger partial charge in [0.25, 0.3) is 0 Å². The summed E-state index contributed by atoms with van der Waals surface area (Å²) in [6.45, 7) is 2.37. The second-order valence-corrected chi connectivity index (χ2v) is 6.75. The summed E-state index contributed by atoms with van der Waals surface area (Å²) in [6.07, 6.45) is 1.55. The van der Waals surface area contributed by atoms with Crippen LogP contribution in [0.4, 0.5) is 17.1 Å². The van der Waals surface area contributed by atoms with Gasteiger partial charge in [0.05, 0.1) is 0 Å². The van der Waals surface area contributed by atoms with Gasteiger partial charge < -0.3 is 20.4 Å². The van der Waals surface area contributed by atoms with E-state index in [0.717, 1.165) is 37.4 Å². The Balaban J connectivity index is 1.48. The zero-order valence-corrected chi connectivity index (χ0v) is 15.8. The molecule has 0 aromatic heterocycles. The van der Waals surface area contributed by atoms with Crippen molar-refractivity contribution >= 4 is 40.3 Å². The topological polar surface area (TPSA) is 47.6 Å². The Hall–Kier alpha value is -2.60. The van der Waals surface area contributed by atoms with Crippen LogP contribution < -0.4 is 20.4 Å². The molecule has 1 heterocycles. The standard InChI is InChI=1S/C20H24N4OS/c1-23(17-8-3-2-4-9-17)14-12-21-20(26)22-16-7-5-10-18(15-16)24-13-6-11-19(24)25/h2-5,7-10,15H,6,11-14H2,1H3,(H2,21,22,26). The number of rotatable bonds is 6. The highest BCUT2D eigenvalue weighted by Crippen LogP contribution is 2.24. The van der Waals surface area contributed by atoms with Crippen molar-refractivity contribution in [3.63, 3.8) is 0 Å². The van der Waals surface area contributed by atoms with E-state index in [1.54, 1.807) is 0 Å². The number of carbonyl (C=O) groups is 1. The molecule has 1 amide bonds. The Bertz CT molecular complexity index is 765. The van der Waals surface area contributed by atoms with Crippen molar-refractivity contribution in [3.8, 4) is 0 Å². The minimum atomic E-state index is 0.187. The Labute approximate surface area is 160 Å². The summed E-state index contributed by atoms with van der Waals surface area (Å²) in [6, 6.07) is 18.1. The highest BCUT2D eigenvalue weighted by Gasteiger charge is 2.21. The first kappa shape index (κ1) is 18.2. The Kier molecular flexibility index (Phi) is 6.07. The quantitative estimate of drug-likeness (QED) is 0.767. The van der Waals surface area contributed by atoms with Crippen LogP contribution in [0.5, 0.6) is 0 Å². The van der Waals surface area contributed by atoms with Crippen molar-refractivity contribution in [2.45, 2.75) is 12.8 Å². The van der Waals surface area contributed by atoms with E-state index in [4.69, 9.17) is 12.2 Å². The van der Waals surface area contributed by atoms with Crippen LogP contribution in [-0.4, -0.2) is 37.7 Å². The predicted octanol–water partition coefficient (Wildman–Crippen LogP) is 3.24. The minimum Gasteiger partial charge on any atom is -0.373 e. The van der Waals surface area contributed by atoms with Crippen molar-refractivity contribution in [3.05, 3.63) is 54.6 Å². The molecule has 0 aliphatic carbocycles. The van der Waals surface area contributed by atoms with E-state index < -0.39 is 0 Å². The average molecular weight is 369 g/mol. The van der Waals surface area contributed by atoms with Crippen LogP contribution in [0.15, 0.2) is 54.6 Å². The third-order valence-corrected chi connectivity index (χ3v) is 4.67. The fourth-order valence-corrected chi connectivity index (χ4v) is 3.22. The van der Waals surface area contributed by atoms with E-state index in [2.05, 4.69) is 34.7 Å². The molecule has 0 unspecified atom stereocenters. The monoisotopic (exact) mass is 368 g/mol. The largest absolute Gasteiger partial charge is 0.373 e. The van der Waals surface area contributed by atoms with Crippen molar-refractivity contribution in [1.82, 2.24) is 5.32 Å². The number of nitrogens with zero attached hydrogens (tertiary/aromatic N) is 2. The number of hydrogen-bond acceptors (Lipinski definition) is 3. The molecule has 1 aliphatic heterocycles. The number of likely N-dealkylation sites (N-methyl/N-ethyl adjacent to an activating group) is 1. The maximum absolute atomic E-state index is 11.9. The number of nitrogens with one attached hydrogen (secondary N) is 2. The van der Waals surface area contributed by atoms with Crippen LogP contribution >= 0.6 is 12.2 Å². The molecule has 0 spiro atoms. The number of hydrogen-bond donors (Lipinski definition) is 2. The van der Waals surface area contributed by atoms with Gasteiger partial charge >= 0.3 is 0 Å². The molecule has 0 bridgehead atoms. The Morgan fingerprint density at radius 2 is 2.00 bits per heavy atom. The van der Waals surface area contributed by atoms with Crippen LogP contribution in [0.2, 0.25) is 0 Å². The minimum absolute atomic E-state index is 0.187. The lowest BCUT2D eigenvalue weighted by atomic mass is 10.2. The lowest BCUT2D eigenvalue weighted by molar-refractivity contribution is -0.117. The Morgan fingerprint density at radius 3 is 2.73 bits per heavy atom. The maximum atomic E-state index is 11.9. The van der Waals surface area contributed by atoms with Crippen molar-refractivity contribution in [1.29, 1.82) is 0 Å².